The van der Waals surface area contributed by atoms with Crippen molar-refractivity contribution in [2.75, 3.05) is 34.7 Å². The van der Waals surface area contributed by atoms with Crippen molar-refractivity contribution in [3.63, 3.8) is 0 Å². The molecule has 0 aromatic carbocycles. The van der Waals surface area contributed by atoms with E-state index >= 15 is 0 Å². The third kappa shape index (κ3) is 3.14. The maximum atomic E-state index is 11.2. The molecule has 1 rings (SSSR count). The van der Waals surface area contributed by atoms with Crippen LogP contribution in [-0.4, -0.2) is 54.6 Å². The van der Waals surface area contributed by atoms with E-state index in [4.69, 9.17) is 18.9 Å². The Bertz CT molecular complexity index is 501. The number of sulfonamides is 1. The van der Waals surface area contributed by atoms with Crippen molar-refractivity contribution >= 4 is 15.7 Å². The van der Waals surface area contributed by atoms with E-state index in [0.29, 0.717) is 0 Å². The molecule has 0 N–H and O–H groups in total. The Balaban J connectivity index is 3.42. The van der Waals surface area contributed by atoms with E-state index in [-0.39, 0.29) is 17.2 Å². The largest absolute Gasteiger partial charge is 0.495 e. The summed E-state index contributed by atoms with van der Waals surface area (Å²) in [5.41, 5.74) is 0.168. The molecule has 8 heteroatoms. The summed E-state index contributed by atoms with van der Waals surface area (Å²) in [4.78, 5) is 0. The Hall–Kier alpha value is -1.38. The van der Waals surface area contributed by atoms with Crippen molar-refractivity contribution in [2.45, 2.75) is 5.79 Å². The summed E-state index contributed by atoms with van der Waals surface area (Å²) >= 11 is 0. The minimum atomic E-state index is -3.53. The maximum Gasteiger partial charge on any atom is 0.287 e. The van der Waals surface area contributed by atoms with E-state index in [9.17, 15) is 8.42 Å². The van der Waals surface area contributed by atoms with E-state index in [1.807, 2.05) is 0 Å². The smallest absolute Gasteiger partial charge is 0.287 e. The summed E-state index contributed by atoms with van der Waals surface area (Å²) in [6.07, 6.45) is 3.82. The van der Waals surface area contributed by atoms with Gasteiger partial charge in [0.15, 0.2) is 11.5 Å². The summed E-state index contributed by atoms with van der Waals surface area (Å²) in [5, 5.41) is 0. The summed E-state index contributed by atoms with van der Waals surface area (Å²) < 4.78 is 46.9. The number of hydrogen-bond donors (Lipinski definition) is 0. The van der Waals surface area contributed by atoms with Gasteiger partial charge in [0.05, 0.1) is 26.2 Å². The van der Waals surface area contributed by atoms with Crippen LogP contribution in [0.15, 0.2) is 28.1 Å². The zero-order valence-electron chi connectivity index (χ0n) is 11.5. The van der Waals surface area contributed by atoms with Crippen LogP contribution < -0.4 is 0 Å². The fourth-order valence-electron chi connectivity index (χ4n) is 1.74. The molecule has 0 aliphatic heterocycles. The van der Waals surface area contributed by atoms with Gasteiger partial charge < -0.3 is 18.9 Å². The standard InChI is InChI=1S/C11H17NO6S/c1-15-9-6-8(12-19(5,13)14)7-10(16-2)11(9,17-3)18-4/h6-7H,1-5H3. The van der Waals surface area contributed by atoms with Gasteiger partial charge in [-0.1, -0.05) is 0 Å². The highest BCUT2D eigenvalue weighted by Crippen LogP contribution is 2.34. The molecule has 108 valence electrons. The number of hydrogen-bond acceptors (Lipinski definition) is 6. The predicted octanol–water partition coefficient (Wildman–Crippen LogP) is 0.450. The van der Waals surface area contributed by atoms with Crippen molar-refractivity contribution in [1.29, 1.82) is 0 Å². The van der Waals surface area contributed by atoms with Crippen molar-refractivity contribution in [3.8, 4) is 0 Å². The number of methoxy groups -OCH3 is 4. The van der Waals surface area contributed by atoms with Crippen LogP contribution >= 0.6 is 0 Å². The molecule has 7 nitrogen and oxygen atoms in total. The average Bonchev–Trinajstić information content (AvgIpc) is 2.35. The second-order valence-corrected chi connectivity index (χ2v) is 5.35. The summed E-state index contributed by atoms with van der Waals surface area (Å²) in [6.45, 7) is 0. The summed E-state index contributed by atoms with van der Waals surface area (Å²) in [7, 11) is 2.13. The van der Waals surface area contributed by atoms with Gasteiger partial charge in [0, 0.05) is 26.4 Å². The molecule has 0 fully saturated rings. The Morgan fingerprint density at radius 2 is 1.42 bits per heavy atom. The lowest BCUT2D eigenvalue weighted by Gasteiger charge is -2.34. The topological polar surface area (TPSA) is 83.4 Å². The monoisotopic (exact) mass is 291 g/mol. The van der Waals surface area contributed by atoms with Crippen LogP contribution in [0.1, 0.15) is 0 Å². The van der Waals surface area contributed by atoms with Gasteiger partial charge in [-0.2, -0.15) is 4.40 Å². The number of ether oxygens (including phenoxy) is 4. The van der Waals surface area contributed by atoms with Gasteiger partial charge in [-0.15, -0.1) is 0 Å². The fourth-order valence-corrected chi connectivity index (χ4v) is 2.23. The molecule has 0 unspecified atom stereocenters. The molecule has 0 aromatic rings. The third-order valence-corrected chi connectivity index (χ3v) is 3.04. The third-order valence-electron chi connectivity index (χ3n) is 2.49. The van der Waals surface area contributed by atoms with Gasteiger partial charge in [0.2, 0.25) is 0 Å². The van der Waals surface area contributed by atoms with E-state index in [1.165, 1.54) is 40.6 Å². The molecule has 0 spiro atoms. The second-order valence-electron chi connectivity index (χ2n) is 3.70. The van der Waals surface area contributed by atoms with Crippen LogP contribution in [0, 0.1) is 0 Å². The van der Waals surface area contributed by atoms with Gasteiger partial charge in [0.1, 0.15) is 0 Å². The predicted molar refractivity (Wildman–Crippen MR) is 69.2 cm³/mol. The first kappa shape index (κ1) is 15.7. The molecule has 1 aliphatic rings. The van der Waals surface area contributed by atoms with Crippen molar-refractivity contribution in [3.05, 3.63) is 23.7 Å². The number of nitrogens with zero attached hydrogens (tertiary/aromatic N) is 1. The Morgan fingerprint density at radius 1 is 1.00 bits per heavy atom. The normalized spacial score (nSPS) is 18.5. The van der Waals surface area contributed by atoms with E-state index in [0.717, 1.165) is 6.26 Å². The highest BCUT2D eigenvalue weighted by molar-refractivity contribution is 7.89. The molecule has 0 saturated carbocycles. The van der Waals surface area contributed by atoms with Crippen molar-refractivity contribution < 1.29 is 27.4 Å². The van der Waals surface area contributed by atoms with Crippen LogP contribution in [-0.2, 0) is 29.0 Å². The van der Waals surface area contributed by atoms with Gasteiger partial charge in [-0.05, 0) is 0 Å². The molecule has 0 heterocycles. The first-order valence-corrected chi connectivity index (χ1v) is 7.10. The SMILES string of the molecule is COC1=CC(=NS(C)(=O)=O)C=C(OC)C1(OC)OC. The molecule has 0 atom stereocenters. The Kier molecular flexibility index (Phi) is 4.72. The quantitative estimate of drug-likeness (QED) is 0.684. The highest BCUT2D eigenvalue weighted by atomic mass is 32.2. The first-order chi connectivity index (χ1) is 8.82. The molecule has 1 aliphatic carbocycles. The van der Waals surface area contributed by atoms with Crippen LogP contribution in [0.5, 0.6) is 0 Å². The average molecular weight is 291 g/mol. The van der Waals surface area contributed by atoms with Gasteiger partial charge in [-0.25, -0.2) is 8.42 Å². The van der Waals surface area contributed by atoms with Crippen LogP contribution in [0.3, 0.4) is 0 Å². The molecule has 0 radical (unpaired) electrons. The molecular weight excluding hydrogens is 274 g/mol. The van der Waals surface area contributed by atoms with E-state index in [1.54, 1.807) is 0 Å². The minimum absolute atomic E-state index is 0.168. The van der Waals surface area contributed by atoms with Gasteiger partial charge in [0.25, 0.3) is 15.8 Å². The highest BCUT2D eigenvalue weighted by Gasteiger charge is 2.45. The summed E-state index contributed by atoms with van der Waals surface area (Å²) in [5.74, 6) is -0.876. The van der Waals surface area contributed by atoms with Crippen LogP contribution in [0.25, 0.3) is 0 Å². The molecule has 0 aromatic heterocycles. The van der Waals surface area contributed by atoms with Gasteiger partial charge >= 0.3 is 0 Å². The van der Waals surface area contributed by atoms with Crippen molar-refractivity contribution in [1.82, 2.24) is 0 Å². The number of rotatable bonds is 5. The Labute approximate surface area is 112 Å². The second kappa shape index (κ2) is 5.72. The molecular formula is C11H17NO6S. The van der Waals surface area contributed by atoms with Gasteiger partial charge in [-0.3, -0.25) is 0 Å². The lowest BCUT2D eigenvalue weighted by atomic mass is 10.0. The molecule has 0 amide bonds. The summed E-state index contributed by atoms with van der Waals surface area (Å²) in [6, 6.07) is 0. The minimum Gasteiger partial charge on any atom is -0.495 e. The Morgan fingerprint density at radius 3 is 1.68 bits per heavy atom. The maximum absolute atomic E-state index is 11.2. The van der Waals surface area contributed by atoms with Crippen LogP contribution in [0.4, 0.5) is 0 Å². The van der Waals surface area contributed by atoms with Crippen molar-refractivity contribution in [2.24, 2.45) is 4.40 Å². The lowest BCUT2D eigenvalue weighted by molar-refractivity contribution is -0.194. The molecule has 0 saturated heterocycles. The number of allylic oxidation sites excluding steroid dienone is 2. The molecule has 19 heavy (non-hydrogen) atoms. The lowest BCUT2D eigenvalue weighted by Crippen LogP contribution is -2.42. The van der Waals surface area contributed by atoms with E-state index < -0.39 is 15.8 Å². The fraction of sp³-hybridized carbons (Fsp3) is 0.545. The van der Waals surface area contributed by atoms with E-state index in [2.05, 4.69) is 4.40 Å². The zero-order chi connectivity index (χ0) is 14.7. The zero-order valence-corrected chi connectivity index (χ0v) is 12.3. The van der Waals surface area contributed by atoms with Crippen LogP contribution in [0.2, 0.25) is 0 Å². The molecule has 0 bridgehead atoms. The first-order valence-electron chi connectivity index (χ1n) is 5.25.